The van der Waals surface area contributed by atoms with E-state index in [1.165, 1.54) is 29.5 Å². The van der Waals surface area contributed by atoms with Gasteiger partial charge in [0.15, 0.2) is 11.6 Å². The van der Waals surface area contributed by atoms with Gasteiger partial charge in [-0.05, 0) is 18.2 Å². The molecule has 1 amide bonds. The summed E-state index contributed by atoms with van der Waals surface area (Å²) in [5.74, 6) is -1.54. The van der Waals surface area contributed by atoms with Gasteiger partial charge in [0, 0.05) is 23.5 Å². The number of carbonyl (C=O) groups excluding carboxylic acids is 2. The first-order chi connectivity index (χ1) is 11.1. The number of nitrogens with one attached hydrogen (secondary N) is 1. The summed E-state index contributed by atoms with van der Waals surface area (Å²) in [7, 11) is 0. The van der Waals surface area contributed by atoms with Crippen LogP contribution in [0.25, 0.3) is 4.96 Å². The second kappa shape index (κ2) is 6.57. The number of nitrogens with zero attached hydrogens (tertiary/aromatic N) is 2. The van der Waals surface area contributed by atoms with E-state index in [9.17, 15) is 14.0 Å². The molecule has 3 aromatic rings. The van der Waals surface area contributed by atoms with Gasteiger partial charge in [0.05, 0.1) is 12.1 Å². The minimum atomic E-state index is -0.551. The lowest BCUT2D eigenvalue weighted by Gasteiger charge is -2.06. The quantitative estimate of drug-likeness (QED) is 0.727. The third kappa shape index (κ3) is 3.92. The number of rotatable bonds is 5. The minimum Gasteiger partial charge on any atom is -0.455 e. The van der Waals surface area contributed by atoms with E-state index in [1.807, 2.05) is 16.0 Å². The van der Waals surface area contributed by atoms with Crippen molar-refractivity contribution >= 4 is 33.9 Å². The fourth-order valence-electron chi connectivity index (χ4n) is 1.97. The Morgan fingerprint density at radius 1 is 1.39 bits per heavy atom. The summed E-state index contributed by atoms with van der Waals surface area (Å²) in [6.45, 7) is -0.433. The number of carbonyl (C=O) groups is 2. The molecule has 0 saturated heterocycles. The number of aromatic nitrogens is 2. The average molecular weight is 333 g/mol. The van der Waals surface area contributed by atoms with Crippen LogP contribution in [0.15, 0.2) is 42.0 Å². The maximum Gasteiger partial charge on any atom is 0.312 e. The first-order valence-electron chi connectivity index (χ1n) is 6.72. The Morgan fingerprint density at radius 3 is 3.04 bits per heavy atom. The molecule has 1 aromatic carbocycles. The van der Waals surface area contributed by atoms with Crippen molar-refractivity contribution in [2.75, 3.05) is 11.9 Å². The Balaban J connectivity index is 1.48. The maximum atomic E-state index is 13.0. The number of esters is 1. The summed E-state index contributed by atoms with van der Waals surface area (Å²) in [6, 6.07) is 5.46. The summed E-state index contributed by atoms with van der Waals surface area (Å²) >= 11 is 1.46. The summed E-state index contributed by atoms with van der Waals surface area (Å²) < 4.78 is 19.7. The first kappa shape index (κ1) is 15.2. The fourth-order valence-corrected chi connectivity index (χ4v) is 2.69. The van der Waals surface area contributed by atoms with Crippen LogP contribution in [0.1, 0.15) is 5.69 Å². The zero-order valence-corrected chi connectivity index (χ0v) is 12.7. The van der Waals surface area contributed by atoms with Crippen molar-refractivity contribution in [1.82, 2.24) is 9.38 Å². The zero-order chi connectivity index (χ0) is 16.2. The number of halogens is 1. The highest BCUT2D eigenvalue weighted by Gasteiger charge is 2.12. The van der Waals surface area contributed by atoms with Gasteiger partial charge in [-0.2, -0.15) is 0 Å². The van der Waals surface area contributed by atoms with Crippen molar-refractivity contribution in [3.05, 3.63) is 53.6 Å². The monoisotopic (exact) mass is 333 g/mol. The van der Waals surface area contributed by atoms with Crippen LogP contribution in [0, 0.1) is 5.82 Å². The lowest BCUT2D eigenvalue weighted by atomic mass is 10.3. The molecule has 6 nitrogen and oxygen atoms in total. The normalized spacial score (nSPS) is 10.7. The predicted octanol–water partition coefficient (Wildman–Crippen LogP) is 2.26. The topological polar surface area (TPSA) is 72.7 Å². The SMILES string of the molecule is O=C(COC(=O)Cc1cn2ccsc2n1)Nc1cccc(F)c1. The molecule has 23 heavy (non-hydrogen) atoms. The predicted molar refractivity (Wildman–Crippen MR) is 82.8 cm³/mol. The van der Waals surface area contributed by atoms with Crippen LogP contribution < -0.4 is 5.32 Å². The van der Waals surface area contributed by atoms with Gasteiger partial charge in [-0.1, -0.05) is 6.07 Å². The van der Waals surface area contributed by atoms with E-state index < -0.39 is 24.3 Å². The van der Waals surface area contributed by atoms with Crippen molar-refractivity contribution in [2.45, 2.75) is 6.42 Å². The number of imidazole rings is 1. The number of anilines is 1. The molecule has 0 aliphatic carbocycles. The molecule has 2 aromatic heterocycles. The smallest absolute Gasteiger partial charge is 0.312 e. The van der Waals surface area contributed by atoms with E-state index in [2.05, 4.69) is 10.3 Å². The van der Waals surface area contributed by atoms with Crippen molar-refractivity contribution in [3.8, 4) is 0 Å². The molecule has 0 atom stereocenters. The summed E-state index contributed by atoms with van der Waals surface area (Å²) in [5, 5.41) is 4.34. The standard InChI is InChI=1S/C15H12FN3O3S/c16-10-2-1-3-11(6-10)17-13(20)9-22-14(21)7-12-8-19-4-5-23-15(19)18-12/h1-6,8H,7,9H2,(H,17,20). The highest BCUT2D eigenvalue weighted by Crippen LogP contribution is 2.12. The van der Waals surface area contributed by atoms with Crippen molar-refractivity contribution in [3.63, 3.8) is 0 Å². The summed E-state index contributed by atoms with van der Waals surface area (Å²) in [5.41, 5.74) is 0.882. The molecule has 0 saturated carbocycles. The van der Waals surface area contributed by atoms with Crippen LogP contribution in [0.2, 0.25) is 0 Å². The van der Waals surface area contributed by atoms with Gasteiger partial charge in [0.2, 0.25) is 0 Å². The Bertz CT molecular complexity index is 830. The third-order valence-corrected chi connectivity index (χ3v) is 3.71. The molecular weight excluding hydrogens is 321 g/mol. The van der Waals surface area contributed by atoms with Crippen LogP contribution in [0.4, 0.5) is 10.1 Å². The van der Waals surface area contributed by atoms with Crippen molar-refractivity contribution in [2.24, 2.45) is 0 Å². The molecule has 1 N–H and O–H groups in total. The van der Waals surface area contributed by atoms with Gasteiger partial charge in [-0.15, -0.1) is 11.3 Å². The van der Waals surface area contributed by atoms with Gasteiger partial charge in [0.25, 0.3) is 5.91 Å². The van der Waals surface area contributed by atoms with E-state index in [0.29, 0.717) is 11.4 Å². The molecular formula is C15H12FN3O3S. The molecule has 0 unspecified atom stereocenters. The molecule has 2 heterocycles. The highest BCUT2D eigenvalue weighted by molar-refractivity contribution is 7.15. The minimum absolute atomic E-state index is 0.0123. The molecule has 0 bridgehead atoms. The Labute approximate surface area is 134 Å². The number of fused-ring (bicyclic) bond motifs is 1. The number of ether oxygens (including phenoxy) is 1. The van der Waals surface area contributed by atoms with Crippen LogP contribution >= 0.6 is 11.3 Å². The summed E-state index contributed by atoms with van der Waals surface area (Å²) in [6.07, 6.45) is 3.57. The molecule has 118 valence electrons. The van der Waals surface area contributed by atoms with E-state index in [4.69, 9.17) is 4.74 Å². The van der Waals surface area contributed by atoms with Crippen LogP contribution in [-0.2, 0) is 20.7 Å². The molecule has 3 rings (SSSR count). The second-order valence-electron chi connectivity index (χ2n) is 4.72. The lowest BCUT2D eigenvalue weighted by Crippen LogP contribution is -2.21. The second-order valence-corrected chi connectivity index (χ2v) is 5.59. The van der Waals surface area contributed by atoms with E-state index in [1.54, 1.807) is 12.3 Å². The zero-order valence-electron chi connectivity index (χ0n) is 11.9. The average Bonchev–Trinajstić information content (AvgIpc) is 3.06. The number of thiazole rings is 1. The molecule has 0 spiro atoms. The Kier molecular flexibility index (Phi) is 4.33. The van der Waals surface area contributed by atoms with Crippen LogP contribution in [0.3, 0.4) is 0 Å². The van der Waals surface area contributed by atoms with Gasteiger partial charge in [0.1, 0.15) is 5.82 Å². The summed E-state index contributed by atoms with van der Waals surface area (Å²) in [4.78, 5) is 28.4. The highest BCUT2D eigenvalue weighted by atomic mass is 32.1. The van der Waals surface area contributed by atoms with E-state index in [0.717, 1.165) is 4.96 Å². The van der Waals surface area contributed by atoms with Crippen LogP contribution in [-0.4, -0.2) is 27.9 Å². The number of amides is 1. The number of benzene rings is 1. The molecule has 8 heteroatoms. The molecule has 0 aliphatic rings. The van der Waals surface area contributed by atoms with Crippen LogP contribution in [0.5, 0.6) is 0 Å². The van der Waals surface area contributed by atoms with E-state index >= 15 is 0 Å². The molecule has 0 aliphatic heterocycles. The van der Waals surface area contributed by atoms with Crippen molar-refractivity contribution in [1.29, 1.82) is 0 Å². The lowest BCUT2D eigenvalue weighted by molar-refractivity contribution is -0.146. The maximum absolute atomic E-state index is 13.0. The van der Waals surface area contributed by atoms with Gasteiger partial charge in [-0.3, -0.25) is 14.0 Å². The van der Waals surface area contributed by atoms with E-state index in [-0.39, 0.29) is 6.42 Å². The van der Waals surface area contributed by atoms with Gasteiger partial charge < -0.3 is 10.1 Å². The number of hydrogen-bond donors (Lipinski definition) is 1. The fraction of sp³-hybridized carbons (Fsp3) is 0.133. The molecule has 0 fully saturated rings. The Morgan fingerprint density at radius 2 is 2.26 bits per heavy atom. The Hall–Kier alpha value is -2.74. The van der Waals surface area contributed by atoms with Gasteiger partial charge >= 0.3 is 5.97 Å². The molecule has 0 radical (unpaired) electrons. The first-order valence-corrected chi connectivity index (χ1v) is 7.60. The van der Waals surface area contributed by atoms with Crippen molar-refractivity contribution < 1.29 is 18.7 Å². The van der Waals surface area contributed by atoms with Gasteiger partial charge in [-0.25, -0.2) is 9.37 Å². The third-order valence-electron chi connectivity index (χ3n) is 2.94. The number of hydrogen-bond acceptors (Lipinski definition) is 5. The largest absolute Gasteiger partial charge is 0.455 e.